The molecule has 3 heterocycles. The molecule has 0 aliphatic carbocycles. The highest BCUT2D eigenvalue weighted by Gasteiger charge is 2.18. The summed E-state index contributed by atoms with van der Waals surface area (Å²) in [5, 5.41) is 4.22. The highest BCUT2D eigenvalue weighted by atomic mass is 35.5. The maximum atomic E-state index is 12.3. The van der Waals surface area contributed by atoms with E-state index in [0.29, 0.717) is 39.6 Å². The summed E-state index contributed by atoms with van der Waals surface area (Å²) < 4.78 is 11.0. The van der Waals surface area contributed by atoms with E-state index in [1.165, 1.54) is 11.8 Å². The molecule has 1 aromatic carbocycles. The third kappa shape index (κ3) is 4.41. The van der Waals surface area contributed by atoms with E-state index in [1.807, 2.05) is 43.3 Å². The van der Waals surface area contributed by atoms with Gasteiger partial charge in [-0.25, -0.2) is 4.98 Å². The van der Waals surface area contributed by atoms with Gasteiger partial charge in [0.2, 0.25) is 5.91 Å². The Kier molecular flexibility index (Phi) is 5.78. The number of benzene rings is 1. The van der Waals surface area contributed by atoms with Crippen molar-refractivity contribution in [2.45, 2.75) is 18.5 Å². The highest BCUT2D eigenvalue weighted by Crippen LogP contribution is 2.33. The number of amides is 1. The van der Waals surface area contributed by atoms with E-state index >= 15 is 0 Å². The molecule has 0 unspecified atom stereocenters. The van der Waals surface area contributed by atoms with Crippen LogP contribution in [0.4, 0.5) is 5.69 Å². The maximum Gasteiger partial charge on any atom is 0.225 e. The molecule has 3 aromatic heterocycles. The van der Waals surface area contributed by atoms with Crippen LogP contribution in [0.3, 0.4) is 0 Å². The van der Waals surface area contributed by atoms with Crippen molar-refractivity contribution in [1.82, 2.24) is 9.97 Å². The van der Waals surface area contributed by atoms with E-state index in [9.17, 15) is 4.79 Å². The lowest BCUT2D eigenvalue weighted by Gasteiger charge is -2.09. The van der Waals surface area contributed by atoms with Crippen molar-refractivity contribution >= 4 is 35.0 Å². The second kappa shape index (κ2) is 8.63. The fraction of sp³-hybridized carbons (Fsp3) is 0.143. The van der Waals surface area contributed by atoms with Crippen LogP contribution in [0.5, 0.6) is 0 Å². The average molecular weight is 428 g/mol. The lowest BCUT2D eigenvalue weighted by atomic mass is 10.2. The van der Waals surface area contributed by atoms with Crippen molar-refractivity contribution in [2.75, 3.05) is 11.1 Å². The molecule has 8 heteroatoms. The van der Waals surface area contributed by atoms with Gasteiger partial charge in [0.15, 0.2) is 16.7 Å². The largest absolute Gasteiger partial charge is 0.463 e. The molecule has 0 saturated heterocycles. The number of H-pyrrole nitrogens is 1. The first kappa shape index (κ1) is 19.4. The second-order valence-corrected chi connectivity index (χ2v) is 7.77. The van der Waals surface area contributed by atoms with Crippen molar-refractivity contribution in [3.63, 3.8) is 0 Å². The molecule has 0 saturated carbocycles. The monoisotopic (exact) mass is 427 g/mol. The first-order valence-electron chi connectivity index (χ1n) is 8.97. The number of halogens is 1. The number of imidazole rings is 1. The summed E-state index contributed by atoms with van der Waals surface area (Å²) >= 11 is 7.56. The van der Waals surface area contributed by atoms with E-state index in [1.54, 1.807) is 18.6 Å². The molecule has 4 aromatic rings. The van der Waals surface area contributed by atoms with Gasteiger partial charge < -0.3 is 19.1 Å². The molecule has 4 rings (SSSR count). The molecule has 0 aliphatic rings. The number of nitrogens with zero attached hydrogens (tertiary/aromatic N) is 1. The van der Waals surface area contributed by atoms with Gasteiger partial charge >= 0.3 is 0 Å². The van der Waals surface area contributed by atoms with Crippen LogP contribution < -0.4 is 5.32 Å². The minimum absolute atomic E-state index is 0.0769. The molecule has 0 spiro atoms. The number of anilines is 1. The van der Waals surface area contributed by atoms with Crippen molar-refractivity contribution < 1.29 is 13.6 Å². The minimum atomic E-state index is -0.0769. The van der Waals surface area contributed by atoms with Crippen LogP contribution in [-0.4, -0.2) is 21.6 Å². The van der Waals surface area contributed by atoms with Gasteiger partial charge in [0, 0.05) is 22.9 Å². The second-order valence-electron chi connectivity index (χ2n) is 6.28. The molecule has 6 nitrogen and oxygen atoms in total. The third-order valence-corrected chi connectivity index (χ3v) is 5.60. The predicted octanol–water partition coefficient (Wildman–Crippen LogP) is 6.01. The van der Waals surface area contributed by atoms with Crippen LogP contribution in [0, 0.1) is 6.92 Å². The minimum Gasteiger partial charge on any atom is -0.463 e. The highest BCUT2D eigenvalue weighted by molar-refractivity contribution is 7.99. The first-order chi connectivity index (χ1) is 14.1. The Morgan fingerprint density at radius 2 is 1.90 bits per heavy atom. The van der Waals surface area contributed by atoms with Crippen LogP contribution in [-0.2, 0) is 4.79 Å². The number of furan rings is 2. The summed E-state index contributed by atoms with van der Waals surface area (Å²) in [5.74, 6) is 1.80. The molecule has 0 radical (unpaired) electrons. The average Bonchev–Trinajstić information content (AvgIpc) is 3.46. The van der Waals surface area contributed by atoms with Gasteiger partial charge in [-0.15, -0.1) is 0 Å². The number of hydrogen-bond donors (Lipinski definition) is 2. The zero-order valence-electron chi connectivity index (χ0n) is 15.6. The Hall–Kier alpha value is -2.90. The Balaban J connectivity index is 1.42. The van der Waals surface area contributed by atoms with Crippen molar-refractivity contribution in [3.05, 3.63) is 65.6 Å². The maximum absolute atomic E-state index is 12.3. The molecule has 0 fully saturated rings. The number of hydrogen-bond acceptors (Lipinski definition) is 5. The van der Waals surface area contributed by atoms with Crippen LogP contribution in [0.15, 0.2) is 69.0 Å². The predicted molar refractivity (Wildman–Crippen MR) is 114 cm³/mol. The lowest BCUT2D eigenvalue weighted by Crippen LogP contribution is -2.13. The van der Waals surface area contributed by atoms with Gasteiger partial charge in [-0.05, 0) is 48.9 Å². The van der Waals surface area contributed by atoms with E-state index in [0.717, 1.165) is 16.9 Å². The summed E-state index contributed by atoms with van der Waals surface area (Å²) in [6.07, 6.45) is 3.55. The fourth-order valence-electron chi connectivity index (χ4n) is 2.81. The standard InChI is InChI=1S/C21H18ClN3O3S/c1-13-14(22)5-2-6-15(13)23-18(26)9-12-29-21-24-19(16-7-3-10-27-16)20(25-21)17-8-4-11-28-17/h2-8,10-11H,9,12H2,1H3,(H,23,26)(H,24,25). The number of carbonyl (C=O) groups is 1. The SMILES string of the molecule is Cc1c(Cl)cccc1NC(=O)CCSc1nc(-c2ccco2)c(-c2ccco2)[nH]1. The van der Waals surface area contributed by atoms with Gasteiger partial charge in [-0.2, -0.15) is 0 Å². The molecular weight excluding hydrogens is 410 g/mol. The topological polar surface area (TPSA) is 84.1 Å². The number of nitrogens with one attached hydrogen (secondary N) is 2. The van der Waals surface area contributed by atoms with E-state index < -0.39 is 0 Å². The molecule has 0 atom stereocenters. The van der Waals surface area contributed by atoms with Gasteiger partial charge in [0.25, 0.3) is 0 Å². The summed E-state index contributed by atoms with van der Waals surface area (Å²) in [4.78, 5) is 20.2. The molecule has 2 N–H and O–H groups in total. The van der Waals surface area contributed by atoms with Crippen molar-refractivity contribution in [3.8, 4) is 22.9 Å². The van der Waals surface area contributed by atoms with E-state index in [4.69, 9.17) is 20.4 Å². The summed E-state index contributed by atoms with van der Waals surface area (Å²) in [5.41, 5.74) is 3.00. The number of aromatic amines is 1. The number of thioether (sulfide) groups is 1. The Morgan fingerprint density at radius 1 is 1.14 bits per heavy atom. The fourth-order valence-corrected chi connectivity index (χ4v) is 3.79. The van der Waals surface area contributed by atoms with Crippen LogP contribution >= 0.6 is 23.4 Å². The first-order valence-corrected chi connectivity index (χ1v) is 10.3. The lowest BCUT2D eigenvalue weighted by molar-refractivity contribution is -0.115. The smallest absolute Gasteiger partial charge is 0.225 e. The van der Waals surface area contributed by atoms with Gasteiger partial charge in [-0.1, -0.05) is 29.4 Å². The molecule has 0 bridgehead atoms. The molecule has 1 amide bonds. The van der Waals surface area contributed by atoms with E-state index in [-0.39, 0.29) is 5.91 Å². The normalized spacial score (nSPS) is 11.0. The number of aromatic nitrogens is 2. The van der Waals surface area contributed by atoms with Crippen molar-refractivity contribution in [1.29, 1.82) is 0 Å². The van der Waals surface area contributed by atoms with E-state index in [2.05, 4.69) is 15.3 Å². The Morgan fingerprint density at radius 3 is 2.62 bits per heavy atom. The van der Waals surface area contributed by atoms with Gasteiger partial charge in [0.1, 0.15) is 11.4 Å². The van der Waals surface area contributed by atoms with Crippen LogP contribution in [0.1, 0.15) is 12.0 Å². The summed E-state index contributed by atoms with van der Waals surface area (Å²) in [6, 6.07) is 12.8. The summed E-state index contributed by atoms with van der Waals surface area (Å²) in [6.45, 7) is 1.88. The zero-order valence-corrected chi connectivity index (χ0v) is 17.1. The quantitative estimate of drug-likeness (QED) is 0.353. The summed E-state index contributed by atoms with van der Waals surface area (Å²) in [7, 11) is 0. The van der Waals surface area contributed by atoms with Gasteiger partial charge in [0.05, 0.1) is 12.5 Å². The Bertz CT molecular complexity index is 1050. The molecule has 0 aliphatic heterocycles. The van der Waals surface area contributed by atoms with Crippen molar-refractivity contribution in [2.24, 2.45) is 0 Å². The number of rotatable bonds is 7. The molecule has 148 valence electrons. The third-order valence-electron chi connectivity index (χ3n) is 4.31. The van der Waals surface area contributed by atoms with Crippen LogP contribution in [0.2, 0.25) is 5.02 Å². The zero-order chi connectivity index (χ0) is 20.2. The molecule has 29 heavy (non-hydrogen) atoms. The number of carbonyl (C=O) groups excluding carboxylic acids is 1. The van der Waals surface area contributed by atoms with Crippen LogP contribution in [0.25, 0.3) is 22.9 Å². The van der Waals surface area contributed by atoms with Gasteiger partial charge in [-0.3, -0.25) is 4.79 Å². The molecular formula is C21H18ClN3O3S. The Labute approximate surface area is 176 Å².